The number of carbonyl (C=O) groups excluding carboxylic acids is 1. The van der Waals surface area contributed by atoms with Crippen molar-refractivity contribution >= 4 is 5.91 Å². The smallest absolute Gasteiger partial charge is 0.234 e. The fourth-order valence-corrected chi connectivity index (χ4v) is 3.52. The van der Waals surface area contributed by atoms with Crippen LogP contribution in [-0.4, -0.2) is 62.4 Å². The molecule has 1 N–H and O–H groups in total. The van der Waals surface area contributed by atoms with Gasteiger partial charge in [0, 0.05) is 31.2 Å². The van der Waals surface area contributed by atoms with Crippen LogP contribution in [0.5, 0.6) is 0 Å². The van der Waals surface area contributed by atoms with Gasteiger partial charge in [0.25, 0.3) is 0 Å². The second kappa shape index (κ2) is 7.07. The van der Waals surface area contributed by atoms with Crippen LogP contribution >= 0.6 is 0 Å². The molecular weight excluding hydrogens is 268 g/mol. The monoisotopic (exact) mass is 298 g/mol. The number of amides is 1. The molecule has 122 valence electrons. The minimum absolute atomic E-state index is 0.0867. The van der Waals surface area contributed by atoms with Crippen LogP contribution in [0, 0.1) is 5.41 Å². The van der Waals surface area contributed by atoms with E-state index in [4.69, 9.17) is 9.47 Å². The number of rotatable bonds is 7. The van der Waals surface area contributed by atoms with Gasteiger partial charge in [-0.2, -0.15) is 0 Å². The third kappa shape index (κ3) is 3.96. The van der Waals surface area contributed by atoms with Crippen LogP contribution in [0.2, 0.25) is 0 Å². The Kier molecular flexibility index (Phi) is 5.63. The van der Waals surface area contributed by atoms with Crippen molar-refractivity contribution in [2.45, 2.75) is 58.3 Å². The molecule has 1 saturated heterocycles. The predicted molar refractivity (Wildman–Crippen MR) is 82.2 cm³/mol. The van der Waals surface area contributed by atoms with E-state index in [-0.39, 0.29) is 17.4 Å². The lowest BCUT2D eigenvalue weighted by atomic mass is 9.64. The van der Waals surface area contributed by atoms with Crippen molar-refractivity contribution in [2.75, 3.05) is 33.4 Å². The maximum absolute atomic E-state index is 12.0. The Morgan fingerprint density at radius 2 is 2.24 bits per heavy atom. The van der Waals surface area contributed by atoms with Gasteiger partial charge in [-0.15, -0.1) is 0 Å². The summed E-state index contributed by atoms with van der Waals surface area (Å²) in [6.07, 6.45) is 3.69. The topological polar surface area (TPSA) is 50.8 Å². The van der Waals surface area contributed by atoms with E-state index in [1.54, 1.807) is 0 Å². The molecule has 1 saturated carbocycles. The summed E-state index contributed by atoms with van der Waals surface area (Å²) < 4.78 is 11.3. The third-order valence-corrected chi connectivity index (χ3v) is 4.97. The van der Waals surface area contributed by atoms with E-state index >= 15 is 0 Å². The number of likely N-dealkylation sites (N-methyl/N-ethyl adjacent to an activating group) is 1. The fraction of sp³-hybridized carbons (Fsp3) is 0.938. The minimum atomic E-state index is 0.0867. The van der Waals surface area contributed by atoms with Crippen LogP contribution in [-0.2, 0) is 14.3 Å². The van der Waals surface area contributed by atoms with Crippen molar-refractivity contribution in [1.82, 2.24) is 10.2 Å². The minimum Gasteiger partial charge on any atom is -0.378 e. The molecular formula is C16H30N2O3. The molecule has 1 heterocycles. The van der Waals surface area contributed by atoms with Gasteiger partial charge in [0.05, 0.1) is 18.8 Å². The van der Waals surface area contributed by atoms with E-state index in [9.17, 15) is 4.79 Å². The molecule has 1 amide bonds. The lowest BCUT2D eigenvalue weighted by Gasteiger charge is -2.54. The number of hydrogen-bond acceptors (Lipinski definition) is 4. The van der Waals surface area contributed by atoms with Crippen molar-refractivity contribution in [3.8, 4) is 0 Å². The van der Waals surface area contributed by atoms with Gasteiger partial charge in [0.1, 0.15) is 0 Å². The molecule has 21 heavy (non-hydrogen) atoms. The van der Waals surface area contributed by atoms with Gasteiger partial charge >= 0.3 is 0 Å². The maximum Gasteiger partial charge on any atom is 0.234 e. The Bertz CT molecular complexity index is 353. The summed E-state index contributed by atoms with van der Waals surface area (Å²) in [4.78, 5) is 14.2. The van der Waals surface area contributed by atoms with E-state index < -0.39 is 0 Å². The SMILES string of the molecule is CCOC1CC(N(C)CC(=O)NCC2CCCO2)C1(C)C. The Morgan fingerprint density at radius 1 is 1.48 bits per heavy atom. The number of carbonyl (C=O) groups is 1. The van der Waals surface area contributed by atoms with E-state index in [2.05, 4.69) is 24.1 Å². The number of nitrogens with one attached hydrogen (secondary N) is 1. The van der Waals surface area contributed by atoms with Crippen LogP contribution in [0.15, 0.2) is 0 Å². The highest BCUT2D eigenvalue weighted by Crippen LogP contribution is 2.45. The summed E-state index contributed by atoms with van der Waals surface area (Å²) in [7, 11) is 2.03. The molecule has 0 radical (unpaired) electrons. The summed E-state index contributed by atoms with van der Waals surface area (Å²) in [6.45, 7) is 9.15. The summed E-state index contributed by atoms with van der Waals surface area (Å²) in [5.41, 5.74) is 0.111. The first-order chi connectivity index (χ1) is 9.95. The third-order valence-electron chi connectivity index (χ3n) is 4.97. The molecule has 1 aliphatic carbocycles. The van der Waals surface area contributed by atoms with E-state index in [0.717, 1.165) is 32.5 Å². The van der Waals surface area contributed by atoms with Gasteiger partial charge in [-0.1, -0.05) is 13.8 Å². The summed E-state index contributed by atoms with van der Waals surface area (Å²) in [6, 6.07) is 0.405. The van der Waals surface area contributed by atoms with Crippen LogP contribution in [0.4, 0.5) is 0 Å². The summed E-state index contributed by atoms with van der Waals surface area (Å²) >= 11 is 0. The summed E-state index contributed by atoms with van der Waals surface area (Å²) in [5, 5.41) is 2.99. The molecule has 2 fully saturated rings. The second-order valence-corrected chi connectivity index (χ2v) is 6.87. The van der Waals surface area contributed by atoms with Crippen molar-refractivity contribution < 1.29 is 14.3 Å². The molecule has 1 aliphatic heterocycles. The Hall–Kier alpha value is -0.650. The highest BCUT2D eigenvalue weighted by Gasteiger charge is 2.50. The van der Waals surface area contributed by atoms with Crippen molar-refractivity contribution in [1.29, 1.82) is 0 Å². The molecule has 0 aromatic heterocycles. The van der Waals surface area contributed by atoms with Gasteiger partial charge in [-0.25, -0.2) is 0 Å². The summed E-state index contributed by atoms with van der Waals surface area (Å²) in [5.74, 6) is 0.0867. The average Bonchev–Trinajstić information content (AvgIpc) is 2.93. The van der Waals surface area contributed by atoms with Crippen molar-refractivity contribution in [3.63, 3.8) is 0 Å². The molecule has 0 aromatic rings. The van der Waals surface area contributed by atoms with Gasteiger partial charge in [0.2, 0.25) is 5.91 Å². The van der Waals surface area contributed by atoms with Crippen LogP contribution in [0.3, 0.4) is 0 Å². The zero-order valence-electron chi connectivity index (χ0n) is 13.9. The zero-order chi connectivity index (χ0) is 15.5. The zero-order valence-corrected chi connectivity index (χ0v) is 13.9. The largest absolute Gasteiger partial charge is 0.378 e. The van der Waals surface area contributed by atoms with Gasteiger partial charge in [-0.05, 0) is 33.2 Å². The van der Waals surface area contributed by atoms with Crippen LogP contribution in [0.1, 0.15) is 40.0 Å². The molecule has 0 bridgehead atoms. The van der Waals surface area contributed by atoms with Crippen molar-refractivity contribution in [3.05, 3.63) is 0 Å². The van der Waals surface area contributed by atoms with Gasteiger partial charge < -0.3 is 14.8 Å². The highest BCUT2D eigenvalue weighted by molar-refractivity contribution is 5.78. The number of hydrogen-bond donors (Lipinski definition) is 1. The lowest BCUT2D eigenvalue weighted by molar-refractivity contribution is -0.150. The first kappa shape index (κ1) is 16.7. The van der Waals surface area contributed by atoms with Crippen molar-refractivity contribution in [2.24, 2.45) is 5.41 Å². The molecule has 2 aliphatic rings. The van der Waals surface area contributed by atoms with E-state index in [1.807, 2.05) is 14.0 Å². The Balaban J connectivity index is 1.71. The first-order valence-corrected chi connectivity index (χ1v) is 8.15. The first-order valence-electron chi connectivity index (χ1n) is 8.15. The van der Waals surface area contributed by atoms with E-state index in [0.29, 0.717) is 25.2 Å². The molecule has 2 rings (SSSR count). The van der Waals surface area contributed by atoms with E-state index in [1.165, 1.54) is 0 Å². The fourth-order valence-electron chi connectivity index (χ4n) is 3.52. The second-order valence-electron chi connectivity index (χ2n) is 6.87. The van der Waals surface area contributed by atoms with Gasteiger partial charge in [-0.3, -0.25) is 9.69 Å². The molecule has 0 spiro atoms. The Morgan fingerprint density at radius 3 is 2.81 bits per heavy atom. The molecule has 5 nitrogen and oxygen atoms in total. The number of ether oxygens (including phenoxy) is 2. The Labute approximate surface area is 128 Å². The van der Waals surface area contributed by atoms with Gasteiger partial charge in [0.15, 0.2) is 0 Å². The molecule has 5 heteroatoms. The highest BCUT2D eigenvalue weighted by atomic mass is 16.5. The quantitative estimate of drug-likeness (QED) is 0.772. The van der Waals surface area contributed by atoms with Crippen LogP contribution in [0.25, 0.3) is 0 Å². The molecule has 3 atom stereocenters. The molecule has 0 aromatic carbocycles. The lowest BCUT2D eigenvalue weighted by Crippen LogP contribution is -2.62. The molecule has 3 unspecified atom stereocenters. The number of nitrogens with zero attached hydrogens (tertiary/aromatic N) is 1. The maximum atomic E-state index is 12.0. The predicted octanol–water partition coefficient (Wildman–Crippen LogP) is 1.42. The van der Waals surface area contributed by atoms with Crippen LogP contribution < -0.4 is 5.32 Å². The average molecular weight is 298 g/mol. The normalized spacial score (nSPS) is 31.2. The standard InChI is InChI=1S/C16H30N2O3/c1-5-20-14-9-13(16(14,2)3)18(4)11-15(19)17-10-12-7-6-8-21-12/h12-14H,5-11H2,1-4H3,(H,17,19).